The summed E-state index contributed by atoms with van der Waals surface area (Å²) in [6.07, 6.45) is 10.2. The van der Waals surface area contributed by atoms with E-state index in [0.717, 1.165) is 18.7 Å². The molecule has 0 fully saturated rings. The average Bonchev–Trinajstić information content (AvgIpc) is 2.53. The molecule has 0 saturated heterocycles. The zero-order chi connectivity index (χ0) is 14.6. The molecule has 1 heteroatoms. The molecule has 1 nitrogen and oxygen atoms in total. The van der Waals surface area contributed by atoms with Crippen molar-refractivity contribution in [2.45, 2.75) is 39.5 Å². The maximum absolute atomic E-state index is 4.70. The van der Waals surface area contributed by atoms with Gasteiger partial charge in [-0.1, -0.05) is 63.3 Å². The lowest BCUT2D eigenvalue weighted by molar-refractivity contribution is 0.568. The minimum Gasteiger partial charge on any atom is -0.285 e. The first-order chi connectivity index (χ1) is 9.60. The van der Waals surface area contributed by atoms with Gasteiger partial charge in [0.1, 0.15) is 0 Å². The summed E-state index contributed by atoms with van der Waals surface area (Å²) in [6.45, 7) is 9.72. The fourth-order valence-corrected chi connectivity index (χ4v) is 2.67. The van der Waals surface area contributed by atoms with E-state index >= 15 is 0 Å². The number of nitrogens with zero attached hydrogens (tertiary/aromatic N) is 1. The minimum absolute atomic E-state index is 0.0748. The van der Waals surface area contributed by atoms with Crippen LogP contribution in [-0.2, 0) is 5.41 Å². The number of fused-ring (bicyclic) bond motifs is 1. The topological polar surface area (TPSA) is 12.4 Å². The highest BCUT2D eigenvalue weighted by molar-refractivity contribution is 6.10. The second-order valence-corrected chi connectivity index (χ2v) is 5.75. The zero-order valence-electron chi connectivity index (χ0n) is 13.1. The van der Waals surface area contributed by atoms with Gasteiger partial charge in [-0.2, -0.15) is 0 Å². The first kappa shape index (κ1) is 14.8. The van der Waals surface area contributed by atoms with Crippen LogP contribution in [0.25, 0.3) is 0 Å². The van der Waals surface area contributed by atoms with E-state index in [2.05, 4.69) is 76.3 Å². The highest BCUT2D eigenvalue weighted by Gasteiger charge is 2.25. The Labute approximate surface area is 123 Å². The van der Waals surface area contributed by atoms with Gasteiger partial charge >= 0.3 is 0 Å². The van der Waals surface area contributed by atoms with Crippen LogP contribution >= 0.6 is 0 Å². The van der Waals surface area contributed by atoms with Crippen LogP contribution in [0.5, 0.6) is 0 Å². The molecule has 1 aromatic rings. The maximum Gasteiger partial charge on any atom is 0.0646 e. The molecule has 0 aromatic heterocycles. The van der Waals surface area contributed by atoms with Crippen molar-refractivity contribution in [3.05, 3.63) is 59.7 Å². The van der Waals surface area contributed by atoms with Gasteiger partial charge < -0.3 is 0 Å². The third kappa shape index (κ3) is 2.92. The van der Waals surface area contributed by atoms with Crippen LogP contribution in [0, 0.1) is 5.92 Å². The average molecular weight is 267 g/mol. The van der Waals surface area contributed by atoms with Crippen molar-refractivity contribution in [1.29, 1.82) is 0 Å². The molecule has 2 atom stereocenters. The Morgan fingerprint density at radius 1 is 1.15 bits per heavy atom. The van der Waals surface area contributed by atoms with Crippen molar-refractivity contribution in [2.24, 2.45) is 10.9 Å². The van der Waals surface area contributed by atoms with Crippen LogP contribution in [0.15, 0.2) is 53.6 Å². The van der Waals surface area contributed by atoms with Gasteiger partial charge in [0.05, 0.1) is 5.71 Å². The predicted molar refractivity (Wildman–Crippen MR) is 88.6 cm³/mol. The van der Waals surface area contributed by atoms with Crippen molar-refractivity contribution in [3.8, 4) is 0 Å². The quantitative estimate of drug-likeness (QED) is 0.674. The van der Waals surface area contributed by atoms with Crippen LogP contribution in [0.1, 0.15) is 45.2 Å². The smallest absolute Gasteiger partial charge is 0.0646 e. The van der Waals surface area contributed by atoms with Gasteiger partial charge in [0.25, 0.3) is 0 Å². The summed E-state index contributed by atoms with van der Waals surface area (Å²) >= 11 is 0. The standard InChI is InChI=1S/C19H25N/c1-5-19(4)14-13-15(3)11-12-18(20-6-2)16-9-7-8-10-17(16)19/h7-15H,5-6H2,1-4H3/b12-11-,14-13?,20-18?. The Bertz CT molecular complexity index is 551. The number of allylic oxidation sites excluding steroid dienone is 4. The van der Waals surface area contributed by atoms with Gasteiger partial charge in [-0.15, -0.1) is 0 Å². The van der Waals surface area contributed by atoms with Crippen molar-refractivity contribution < 1.29 is 0 Å². The molecule has 1 aromatic carbocycles. The summed E-state index contributed by atoms with van der Waals surface area (Å²) < 4.78 is 0. The van der Waals surface area contributed by atoms with Crippen molar-refractivity contribution in [1.82, 2.24) is 0 Å². The predicted octanol–water partition coefficient (Wildman–Crippen LogP) is 4.93. The van der Waals surface area contributed by atoms with Gasteiger partial charge in [-0.25, -0.2) is 0 Å². The summed E-state index contributed by atoms with van der Waals surface area (Å²) in [7, 11) is 0. The van der Waals surface area contributed by atoms with Crippen LogP contribution in [0.2, 0.25) is 0 Å². The summed E-state index contributed by atoms with van der Waals surface area (Å²) in [5.41, 5.74) is 3.84. The molecule has 1 aliphatic carbocycles. The van der Waals surface area contributed by atoms with E-state index < -0.39 is 0 Å². The Kier molecular flexibility index (Phi) is 4.59. The van der Waals surface area contributed by atoms with E-state index in [-0.39, 0.29) is 5.41 Å². The highest BCUT2D eigenvalue weighted by atomic mass is 14.7. The number of benzene rings is 1. The highest BCUT2D eigenvalue weighted by Crippen LogP contribution is 2.33. The molecule has 106 valence electrons. The van der Waals surface area contributed by atoms with Gasteiger partial charge in [0.15, 0.2) is 0 Å². The lowest BCUT2D eigenvalue weighted by atomic mass is 9.76. The Hall–Kier alpha value is -1.63. The summed E-state index contributed by atoms with van der Waals surface area (Å²) in [5.74, 6) is 0.442. The third-order valence-corrected chi connectivity index (χ3v) is 4.21. The molecule has 2 unspecified atom stereocenters. The molecule has 0 spiro atoms. The third-order valence-electron chi connectivity index (χ3n) is 4.21. The van der Waals surface area contributed by atoms with Gasteiger partial charge in [0, 0.05) is 17.5 Å². The van der Waals surface area contributed by atoms with Gasteiger partial charge in [-0.05, 0) is 30.9 Å². The molecule has 20 heavy (non-hydrogen) atoms. The molecular formula is C19H25N. The minimum atomic E-state index is 0.0748. The lowest BCUT2D eigenvalue weighted by Crippen LogP contribution is -2.21. The summed E-state index contributed by atoms with van der Waals surface area (Å²) in [4.78, 5) is 4.70. The van der Waals surface area contributed by atoms with Crippen molar-refractivity contribution in [3.63, 3.8) is 0 Å². The van der Waals surface area contributed by atoms with Crippen LogP contribution in [0.3, 0.4) is 0 Å². The molecular weight excluding hydrogens is 242 g/mol. The molecule has 0 amide bonds. The molecule has 0 saturated carbocycles. The molecule has 0 N–H and O–H groups in total. The molecule has 0 heterocycles. The van der Waals surface area contributed by atoms with Crippen LogP contribution in [-0.4, -0.2) is 12.3 Å². The monoisotopic (exact) mass is 267 g/mol. The van der Waals surface area contributed by atoms with E-state index in [1.165, 1.54) is 11.1 Å². The van der Waals surface area contributed by atoms with Gasteiger partial charge in [-0.3, -0.25) is 4.99 Å². The van der Waals surface area contributed by atoms with Crippen LogP contribution in [0.4, 0.5) is 0 Å². The molecule has 0 radical (unpaired) electrons. The molecule has 0 bridgehead atoms. The second kappa shape index (κ2) is 6.21. The number of hydrogen-bond acceptors (Lipinski definition) is 1. The Morgan fingerprint density at radius 2 is 1.90 bits per heavy atom. The molecule has 1 aliphatic rings. The first-order valence-electron chi connectivity index (χ1n) is 7.62. The summed E-state index contributed by atoms with van der Waals surface area (Å²) in [6, 6.07) is 8.69. The SMILES string of the molecule is CCN=C1/C=C\C(C)C=CC(C)(CC)c2ccccc21. The van der Waals surface area contributed by atoms with E-state index in [4.69, 9.17) is 4.99 Å². The second-order valence-electron chi connectivity index (χ2n) is 5.75. The largest absolute Gasteiger partial charge is 0.285 e. The van der Waals surface area contributed by atoms with Crippen LogP contribution < -0.4 is 0 Å². The number of aliphatic imine (C=N–C) groups is 1. The van der Waals surface area contributed by atoms with E-state index in [9.17, 15) is 0 Å². The van der Waals surface area contributed by atoms with Gasteiger partial charge in [0.2, 0.25) is 0 Å². The van der Waals surface area contributed by atoms with E-state index in [1.54, 1.807) is 0 Å². The number of rotatable bonds is 2. The fourth-order valence-electron chi connectivity index (χ4n) is 2.67. The first-order valence-corrected chi connectivity index (χ1v) is 7.62. The van der Waals surface area contributed by atoms with E-state index in [1.807, 2.05) is 0 Å². The van der Waals surface area contributed by atoms with Crippen molar-refractivity contribution in [2.75, 3.05) is 6.54 Å². The lowest BCUT2D eigenvalue weighted by Gasteiger charge is -2.28. The fraction of sp³-hybridized carbons (Fsp3) is 0.421. The zero-order valence-corrected chi connectivity index (χ0v) is 13.1. The Morgan fingerprint density at radius 3 is 2.60 bits per heavy atom. The van der Waals surface area contributed by atoms with E-state index in [0.29, 0.717) is 5.92 Å². The normalized spacial score (nSPS) is 29.4. The van der Waals surface area contributed by atoms with Crippen molar-refractivity contribution >= 4 is 5.71 Å². The number of hydrogen-bond donors (Lipinski definition) is 0. The molecule has 2 rings (SSSR count). The molecule has 0 aliphatic heterocycles. The Balaban J connectivity index is 2.68. The maximum atomic E-state index is 4.70. The summed E-state index contributed by atoms with van der Waals surface area (Å²) in [5, 5.41) is 0.